The first-order chi connectivity index (χ1) is 42.7. The van der Waals surface area contributed by atoms with E-state index in [2.05, 4.69) is 62.1 Å². The van der Waals surface area contributed by atoms with Crippen LogP contribution in [0.25, 0.3) is 56.7 Å². The summed E-state index contributed by atoms with van der Waals surface area (Å²) >= 11 is 0. The molecule has 0 aliphatic heterocycles. The SMILES string of the molecule is Cc1cccc(-c2cccc(COCc3cccc(-c4cccc(CNC(=O)c5cc(C)c6c(c5C)/C(=C5/c7c(C)c(C(=O)NCc8cccc(-c9cccc(COCc%10cccc(-c%11cccc(C)n%11)n%10)n9)n8)cc(C)c7C[C@H]5C)[C@H](C)C6)n4)n3)n2)n1. The molecular weight excluding hydrogens is 1090 g/mol. The van der Waals surface area contributed by atoms with Crippen molar-refractivity contribution in [3.05, 3.63) is 259 Å². The normalized spacial score (nSPS) is 15.0. The Bertz CT molecular complexity index is 4090. The van der Waals surface area contributed by atoms with Crippen LogP contribution < -0.4 is 10.6 Å². The highest BCUT2D eigenvalue weighted by atomic mass is 16.5. The predicted octanol–water partition coefficient (Wildman–Crippen LogP) is 14.0. The first kappa shape index (κ1) is 58.6. The lowest BCUT2D eigenvalue weighted by molar-refractivity contribution is 0.0941. The Morgan fingerprint density at radius 1 is 0.386 bits per heavy atom. The average Bonchev–Trinajstić information content (AvgIpc) is 1.81. The van der Waals surface area contributed by atoms with E-state index in [-0.39, 0.29) is 36.7 Å². The quantitative estimate of drug-likeness (QED) is 0.0831. The number of amides is 2. The van der Waals surface area contributed by atoms with Crippen LogP contribution in [0.15, 0.2) is 158 Å². The molecule has 0 radical (unpaired) electrons. The molecule has 2 N–H and O–H groups in total. The maximum atomic E-state index is 14.4. The molecule has 8 heterocycles. The van der Waals surface area contributed by atoms with E-state index in [0.29, 0.717) is 71.7 Å². The van der Waals surface area contributed by atoms with Gasteiger partial charge in [0.2, 0.25) is 0 Å². The monoisotopic (exact) mass is 1160 g/mol. The smallest absolute Gasteiger partial charge is 0.251 e. The lowest BCUT2D eigenvalue weighted by atomic mass is 9.83. The van der Waals surface area contributed by atoms with Gasteiger partial charge in [0.15, 0.2) is 0 Å². The zero-order valence-electron chi connectivity index (χ0n) is 51.0. The topological polar surface area (TPSA) is 180 Å². The minimum absolute atomic E-state index is 0.156. The van der Waals surface area contributed by atoms with Crippen molar-refractivity contribution in [2.45, 2.75) is 108 Å². The van der Waals surface area contributed by atoms with Crippen LogP contribution in [0.3, 0.4) is 0 Å². The average molecular weight is 1160 g/mol. The third-order valence-corrected chi connectivity index (χ3v) is 16.7. The molecule has 2 aromatic carbocycles. The number of hydrogen-bond acceptors (Lipinski definition) is 12. The largest absolute Gasteiger partial charge is 0.369 e. The molecule has 440 valence electrons. The lowest BCUT2D eigenvalue weighted by Crippen LogP contribution is -2.25. The van der Waals surface area contributed by atoms with E-state index in [4.69, 9.17) is 39.4 Å². The predicted molar refractivity (Wildman–Crippen MR) is 343 cm³/mol. The summed E-state index contributed by atoms with van der Waals surface area (Å²) in [6, 6.07) is 50.9. The first-order valence-electron chi connectivity index (χ1n) is 30.1. The maximum absolute atomic E-state index is 14.4. The van der Waals surface area contributed by atoms with Crippen molar-refractivity contribution in [1.29, 1.82) is 0 Å². The van der Waals surface area contributed by atoms with Gasteiger partial charge >= 0.3 is 0 Å². The number of fused-ring (bicyclic) bond motifs is 2. The Balaban J connectivity index is 0.708. The van der Waals surface area contributed by atoms with Crippen molar-refractivity contribution < 1.29 is 19.1 Å². The maximum Gasteiger partial charge on any atom is 0.251 e. The zero-order chi connectivity index (χ0) is 61.0. The van der Waals surface area contributed by atoms with Crippen molar-refractivity contribution in [2.75, 3.05) is 0 Å². The Labute approximate surface area is 514 Å². The summed E-state index contributed by atoms with van der Waals surface area (Å²) in [6.07, 6.45) is 1.75. The molecular formula is C74H70N10O4. The van der Waals surface area contributed by atoms with Gasteiger partial charge in [0, 0.05) is 22.5 Å². The van der Waals surface area contributed by atoms with Crippen LogP contribution in [0.1, 0.15) is 125 Å². The van der Waals surface area contributed by atoms with Crippen LogP contribution >= 0.6 is 0 Å². The number of carbonyl (C=O) groups excluding carboxylic acids is 2. The Morgan fingerprint density at radius 3 is 0.966 bits per heavy atom. The van der Waals surface area contributed by atoms with Gasteiger partial charge in [-0.25, -0.2) is 29.9 Å². The molecule has 0 fully saturated rings. The number of aryl methyl sites for hydroxylation is 4. The van der Waals surface area contributed by atoms with Gasteiger partial charge in [-0.15, -0.1) is 0 Å². The molecule has 0 unspecified atom stereocenters. The minimum Gasteiger partial charge on any atom is -0.369 e. The standard InChI is InChI=1S/C74H70N10O4/c1-43-33-59(73(85)75-37-51-19-11-27-65(79-51)67-31-15-23-55(83-67)41-87-39-53-21-13-29-63(81-53)61-25-9-17-47(5)77-61)49(7)71-57(43)35-45(3)69(71)70-46(4)36-58-44(2)34-60(50(8)72(58)70)74(86)76-38-52-20-12-28-66(80-52)68-32-16-24-56(84-68)42-88-40-54-22-14-30-64(82-54)62-26-10-18-48(6)78-62/h9-34,45-46H,35-42H2,1-8H3,(H,75,85)(H,76,86)/b70-69+/t45-,46-/m1/s1. The molecule has 2 amide bonds. The molecule has 88 heavy (non-hydrogen) atoms. The van der Waals surface area contributed by atoms with Crippen molar-refractivity contribution in [3.63, 3.8) is 0 Å². The van der Waals surface area contributed by atoms with E-state index in [1.54, 1.807) is 0 Å². The van der Waals surface area contributed by atoms with Gasteiger partial charge in [-0.1, -0.05) is 62.4 Å². The van der Waals surface area contributed by atoms with Crippen LogP contribution in [0.4, 0.5) is 0 Å². The summed E-state index contributed by atoms with van der Waals surface area (Å²) in [4.78, 5) is 67.3. The van der Waals surface area contributed by atoms with Crippen molar-refractivity contribution in [3.8, 4) is 45.6 Å². The Morgan fingerprint density at radius 2 is 0.659 bits per heavy atom. The van der Waals surface area contributed by atoms with E-state index in [1.807, 2.05) is 172 Å². The number of nitrogens with one attached hydrogen (secondary N) is 2. The third-order valence-electron chi connectivity index (χ3n) is 16.7. The van der Waals surface area contributed by atoms with E-state index in [9.17, 15) is 9.59 Å². The van der Waals surface area contributed by atoms with Crippen LogP contribution in [-0.2, 0) is 61.8 Å². The van der Waals surface area contributed by atoms with Crippen molar-refractivity contribution >= 4 is 23.0 Å². The number of pyridine rings is 8. The number of rotatable bonds is 18. The molecule has 0 saturated carbocycles. The van der Waals surface area contributed by atoms with Gasteiger partial charge in [0.05, 0.1) is 119 Å². The summed E-state index contributed by atoms with van der Waals surface area (Å²) in [7, 11) is 0. The number of allylic oxidation sites excluding steroid dienone is 2. The second kappa shape index (κ2) is 25.7. The molecule has 0 saturated heterocycles. The second-order valence-corrected chi connectivity index (χ2v) is 23.2. The van der Waals surface area contributed by atoms with E-state index >= 15 is 0 Å². The first-order valence-corrected chi connectivity index (χ1v) is 30.1. The fraction of sp³-hybridized carbons (Fsp3) is 0.243. The Hall–Kier alpha value is -9.76. The second-order valence-electron chi connectivity index (χ2n) is 23.2. The highest BCUT2D eigenvalue weighted by Crippen LogP contribution is 2.52. The number of nitrogens with zero attached hydrogens (tertiary/aromatic N) is 8. The summed E-state index contributed by atoms with van der Waals surface area (Å²) < 4.78 is 12.2. The van der Waals surface area contributed by atoms with Crippen molar-refractivity contribution in [1.82, 2.24) is 50.5 Å². The van der Waals surface area contributed by atoms with E-state index < -0.39 is 0 Å². The minimum atomic E-state index is -0.156. The highest BCUT2D eigenvalue weighted by Gasteiger charge is 2.38. The van der Waals surface area contributed by atoms with Gasteiger partial charge in [-0.2, -0.15) is 0 Å². The van der Waals surface area contributed by atoms with Gasteiger partial charge in [-0.05, 0) is 231 Å². The van der Waals surface area contributed by atoms with Gasteiger partial charge < -0.3 is 20.1 Å². The third kappa shape index (κ3) is 12.7. The van der Waals surface area contributed by atoms with Crippen LogP contribution in [-0.4, -0.2) is 51.7 Å². The van der Waals surface area contributed by atoms with Gasteiger partial charge in [0.1, 0.15) is 0 Å². The van der Waals surface area contributed by atoms with E-state index in [0.717, 1.165) is 103 Å². The molecule has 12 rings (SSSR count). The fourth-order valence-electron chi connectivity index (χ4n) is 12.5. The Kier molecular flexibility index (Phi) is 17.1. The summed E-state index contributed by atoms with van der Waals surface area (Å²) in [5, 5.41) is 6.42. The molecule has 2 atom stereocenters. The molecule has 8 aromatic heterocycles. The molecule has 0 bridgehead atoms. The van der Waals surface area contributed by atoms with Crippen LogP contribution in [0, 0.1) is 53.4 Å². The summed E-state index contributed by atoms with van der Waals surface area (Å²) in [5.74, 6) is 0.0984. The van der Waals surface area contributed by atoms with Crippen molar-refractivity contribution in [2.24, 2.45) is 11.8 Å². The number of benzene rings is 2. The summed E-state index contributed by atoms with van der Waals surface area (Å²) in [6.45, 7) is 18.7. The zero-order valence-corrected chi connectivity index (χ0v) is 51.0. The lowest BCUT2D eigenvalue weighted by Gasteiger charge is -2.21. The van der Waals surface area contributed by atoms with Gasteiger partial charge in [0.25, 0.3) is 11.8 Å². The van der Waals surface area contributed by atoms with E-state index in [1.165, 1.54) is 22.3 Å². The molecule has 10 aromatic rings. The van der Waals surface area contributed by atoms with Gasteiger partial charge in [-0.3, -0.25) is 19.6 Å². The number of aromatic nitrogens is 8. The molecule has 14 nitrogen and oxygen atoms in total. The number of ether oxygens (including phenoxy) is 2. The van der Waals surface area contributed by atoms with Crippen LogP contribution in [0.5, 0.6) is 0 Å². The van der Waals surface area contributed by atoms with Crippen LogP contribution in [0.2, 0.25) is 0 Å². The molecule has 14 heteroatoms. The summed E-state index contributed by atoms with van der Waals surface area (Å²) in [5.41, 5.74) is 25.4. The molecule has 2 aliphatic rings. The molecule has 2 aliphatic carbocycles. The molecule has 0 spiro atoms. The number of carbonyl (C=O) groups is 2. The highest BCUT2D eigenvalue weighted by molar-refractivity contribution is 6.05. The fourth-order valence-corrected chi connectivity index (χ4v) is 12.5. The number of hydrogen-bond donors (Lipinski definition) is 2.